The van der Waals surface area contributed by atoms with Crippen molar-refractivity contribution in [3.63, 3.8) is 0 Å². The fraction of sp³-hybridized carbons (Fsp3) is 0.480. The Morgan fingerprint density at radius 3 is 2.34 bits per heavy atom. The van der Waals surface area contributed by atoms with Crippen molar-refractivity contribution in [3.05, 3.63) is 52.4 Å². The summed E-state index contributed by atoms with van der Waals surface area (Å²) in [6.07, 6.45) is -4.83. The smallest absolute Gasteiger partial charge is 0.332 e. The quantitative estimate of drug-likeness (QED) is 0.561. The van der Waals surface area contributed by atoms with Gasteiger partial charge in [-0.3, -0.25) is 18.8 Å². The fourth-order valence-corrected chi connectivity index (χ4v) is 4.44. The van der Waals surface area contributed by atoms with E-state index in [1.54, 1.807) is 16.2 Å². The van der Waals surface area contributed by atoms with E-state index < -0.39 is 12.1 Å². The molecule has 7 nitrogen and oxygen atoms in total. The van der Waals surface area contributed by atoms with E-state index in [0.717, 1.165) is 27.2 Å². The zero-order chi connectivity index (χ0) is 25.5. The number of hydrogen-bond donors (Lipinski definition) is 0. The van der Waals surface area contributed by atoms with Crippen molar-refractivity contribution in [2.75, 3.05) is 26.2 Å². The van der Waals surface area contributed by atoms with Gasteiger partial charge in [-0.25, -0.2) is 9.78 Å². The second-order valence-electron chi connectivity index (χ2n) is 10.3. The molecule has 0 radical (unpaired) electrons. The summed E-state index contributed by atoms with van der Waals surface area (Å²) in [5.41, 5.74) is 3.88. The molecular formula is C25H30F3N5O2. The van der Waals surface area contributed by atoms with Gasteiger partial charge in [0.25, 0.3) is 0 Å². The first kappa shape index (κ1) is 25.0. The van der Waals surface area contributed by atoms with E-state index in [1.165, 1.54) is 0 Å². The molecule has 0 bridgehead atoms. The minimum atomic E-state index is -4.83. The van der Waals surface area contributed by atoms with Gasteiger partial charge in [-0.15, -0.1) is 0 Å². The number of fused-ring (bicyclic) bond motifs is 1. The lowest BCUT2D eigenvalue weighted by atomic mass is 9.97. The number of aryl methyl sites for hydroxylation is 1. The maximum Gasteiger partial charge on any atom is 0.471 e. The average Bonchev–Trinajstić information content (AvgIpc) is 3.02. The van der Waals surface area contributed by atoms with Crippen molar-refractivity contribution in [2.45, 2.75) is 40.0 Å². The number of imidazole rings is 1. The monoisotopic (exact) mass is 489 g/mol. The Labute approximate surface area is 201 Å². The van der Waals surface area contributed by atoms with E-state index in [4.69, 9.17) is 4.98 Å². The number of benzene rings is 1. The molecule has 0 spiro atoms. The lowest BCUT2D eigenvalue weighted by Gasteiger charge is -2.35. The molecule has 0 unspecified atom stereocenters. The van der Waals surface area contributed by atoms with Gasteiger partial charge in [-0.05, 0) is 29.2 Å². The number of rotatable bonds is 4. The lowest BCUT2D eigenvalue weighted by Crippen LogP contribution is -2.52. The Morgan fingerprint density at radius 1 is 1.03 bits per heavy atom. The first-order valence-corrected chi connectivity index (χ1v) is 11.6. The third-order valence-electron chi connectivity index (χ3n) is 6.14. The molecule has 1 aliphatic rings. The SMILES string of the molecule is Cn1c(=O)n(CC(C)(C)C)c2ccc(-c3cccc(CN4CCN(C(=O)C(F)(F)F)CC4)c3)nc21. The number of carbonyl (C=O) groups excluding carboxylic acids is 1. The van der Waals surface area contributed by atoms with Crippen LogP contribution in [0.5, 0.6) is 0 Å². The van der Waals surface area contributed by atoms with Gasteiger partial charge in [-0.2, -0.15) is 13.2 Å². The molecule has 1 fully saturated rings. The summed E-state index contributed by atoms with van der Waals surface area (Å²) in [6, 6.07) is 11.7. The second-order valence-corrected chi connectivity index (χ2v) is 10.3. The molecule has 0 saturated carbocycles. The predicted molar refractivity (Wildman–Crippen MR) is 128 cm³/mol. The molecule has 0 atom stereocenters. The van der Waals surface area contributed by atoms with Crippen LogP contribution in [0.1, 0.15) is 26.3 Å². The van der Waals surface area contributed by atoms with Crippen LogP contribution in [-0.4, -0.2) is 62.2 Å². The number of alkyl halides is 3. The van der Waals surface area contributed by atoms with Crippen LogP contribution < -0.4 is 5.69 Å². The summed E-state index contributed by atoms with van der Waals surface area (Å²) in [5, 5.41) is 0. The number of aromatic nitrogens is 3. The minimum Gasteiger partial charge on any atom is -0.332 e. The Kier molecular flexibility index (Phi) is 6.52. The summed E-state index contributed by atoms with van der Waals surface area (Å²) >= 11 is 0. The summed E-state index contributed by atoms with van der Waals surface area (Å²) in [5.74, 6) is -1.77. The predicted octanol–water partition coefficient (Wildman–Crippen LogP) is 3.65. The fourth-order valence-electron chi connectivity index (χ4n) is 4.44. The van der Waals surface area contributed by atoms with Crippen molar-refractivity contribution < 1.29 is 18.0 Å². The molecule has 3 heterocycles. The van der Waals surface area contributed by atoms with Crippen LogP contribution in [0.25, 0.3) is 22.4 Å². The average molecular weight is 490 g/mol. The van der Waals surface area contributed by atoms with Gasteiger partial charge in [-0.1, -0.05) is 39.0 Å². The number of halogens is 3. The van der Waals surface area contributed by atoms with Crippen LogP contribution in [0.2, 0.25) is 0 Å². The molecule has 4 rings (SSSR count). The minimum absolute atomic E-state index is 0.0514. The van der Waals surface area contributed by atoms with E-state index in [1.807, 2.05) is 41.3 Å². The highest BCUT2D eigenvalue weighted by Crippen LogP contribution is 2.25. The van der Waals surface area contributed by atoms with Gasteiger partial charge in [0.2, 0.25) is 0 Å². The maximum absolute atomic E-state index is 12.8. The maximum atomic E-state index is 12.8. The number of nitrogens with zero attached hydrogens (tertiary/aromatic N) is 5. The van der Waals surface area contributed by atoms with Crippen LogP contribution in [-0.2, 0) is 24.9 Å². The van der Waals surface area contributed by atoms with E-state index >= 15 is 0 Å². The van der Waals surface area contributed by atoms with Crippen molar-refractivity contribution in [2.24, 2.45) is 12.5 Å². The number of hydrogen-bond acceptors (Lipinski definition) is 4. The molecule has 0 N–H and O–H groups in total. The molecular weight excluding hydrogens is 459 g/mol. The van der Waals surface area contributed by atoms with Crippen molar-refractivity contribution >= 4 is 17.1 Å². The molecule has 3 aromatic rings. The number of carbonyl (C=O) groups is 1. The summed E-state index contributed by atoms with van der Waals surface area (Å²) in [4.78, 5) is 31.9. The second kappa shape index (κ2) is 9.14. The van der Waals surface area contributed by atoms with Gasteiger partial charge in [0.1, 0.15) is 0 Å². The number of piperazine rings is 1. The Morgan fingerprint density at radius 2 is 1.71 bits per heavy atom. The van der Waals surface area contributed by atoms with E-state index in [9.17, 15) is 22.8 Å². The highest BCUT2D eigenvalue weighted by Gasteiger charge is 2.43. The molecule has 0 aliphatic carbocycles. The Hall–Kier alpha value is -3.14. The van der Waals surface area contributed by atoms with Crippen molar-refractivity contribution in [3.8, 4) is 11.3 Å². The zero-order valence-corrected chi connectivity index (χ0v) is 20.4. The van der Waals surface area contributed by atoms with E-state index in [2.05, 4.69) is 20.8 Å². The van der Waals surface area contributed by atoms with Crippen molar-refractivity contribution in [1.29, 1.82) is 0 Å². The molecule has 10 heteroatoms. The topological polar surface area (TPSA) is 63.4 Å². The third-order valence-corrected chi connectivity index (χ3v) is 6.14. The summed E-state index contributed by atoms with van der Waals surface area (Å²) in [6.45, 7) is 8.25. The first-order valence-electron chi connectivity index (χ1n) is 11.6. The van der Waals surface area contributed by atoms with Crippen LogP contribution in [0, 0.1) is 5.41 Å². The first-order chi connectivity index (χ1) is 16.3. The Balaban J connectivity index is 1.51. The van der Waals surface area contributed by atoms with E-state index in [-0.39, 0.29) is 24.2 Å². The van der Waals surface area contributed by atoms with Gasteiger partial charge >= 0.3 is 17.8 Å². The molecule has 1 amide bonds. The molecule has 1 aliphatic heterocycles. The summed E-state index contributed by atoms with van der Waals surface area (Å²) in [7, 11) is 1.72. The largest absolute Gasteiger partial charge is 0.471 e. The number of amides is 1. The Bertz CT molecular complexity index is 1300. The van der Waals surface area contributed by atoms with Crippen LogP contribution in [0.3, 0.4) is 0 Å². The highest BCUT2D eigenvalue weighted by atomic mass is 19.4. The molecule has 2 aromatic heterocycles. The van der Waals surface area contributed by atoms with Gasteiger partial charge in [0.15, 0.2) is 5.65 Å². The lowest BCUT2D eigenvalue weighted by molar-refractivity contribution is -0.187. The van der Waals surface area contributed by atoms with E-state index in [0.29, 0.717) is 31.8 Å². The van der Waals surface area contributed by atoms with Crippen LogP contribution >= 0.6 is 0 Å². The molecule has 188 valence electrons. The van der Waals surface area contributed by atoms with Gasteiger partial charge in [0, 0.05) is 51.9 Å². The van der Waals surface area contributed by atoms with Gasteiger partial charge < -0.3 is 4.90 Å². The molecule has 35 heavy (non-hydrogen) atoms. The number of pyridine rings is 1. The van der Waals surface area contributed by atoms with Crippen molar-refractivity contribution in [1.82, 2.24) is 23.9 Å². The standard InChI is InChI=1S/C25H30F3N5O2/c1-24(2,3)16-33-20-9-8-19(29-21(20)30(4)23(33)35)18-7-5-6-17(14-18)15-31-10-12-32(13-11-31)22(34)25(26,27)28/h5-9,14H,10-13,15-16H2,1-4H3. The highest BCUT2D eigenvalue weighted by molar-refractivity contribution is 5.82. The molecule has 1 aromatic carbocycles. The zero-order valence-electron chi connectivity index (χ0n) is 20.4. The van der Waals surface area contributed by atoms with Crippen LogP contribution in [0.15, 0.2) is 41.2 Å². The normalized spacial score (nSPS) is 15.7. The van der Waals surface area contributed by atoms with Crippen LogP contribution in [0.4, 0.5) is 13.2 Å². The third kappa shape index (κ3) is 5.42. The van der Waals surface area contributed by atoms with Gasteiger partial charge in [0.05, 0.1) is 11.2 Å². The summed E-state index contributed by atoms with van der Waals surface area (Å²) < 4.78 is 41.3. The molecule has 1 saturated heterocycles.